The van der Waals surface area contributed by atoms with Gasteiger partial charge in [0.1, 0.15) is 5.52 Å². The number of aromatic nitrogens is 3. The Morgan fingerprint density at radius 3 is 1.93 bits per heavy atom. The first-order chi connectivity index (χ1) is 22.8. The van der Waals surface area contributed by atoms with Crippen LogP contribution in [0.2, 0.25) is 0 Å². The molecular formula is C41H25N3OS. The molecule has 3 heterocycles. The zero-order valence-corrected chi connectivity index (χ0v) is 25.4. The Balaban J connectivity index is 1.23. The van der Waals surface area contributed by atoms with Crippen LogP contribution in [0.25, 0.3) is 87.8 Å². The molecule has 3 aromatic heterocycles. The third kappa shape index (κ3) is 4.57. The fraction of sp³-hybridized carbons (Fsp3) is 0. The number of rotatable bonds is 5. The molecule has 0 spiro atoms. The van der Waals surface area contributed by atoms with Crippen LogP contribution in [0.15, 0.2) is 156 Å². The zero-order chi connectivity index (χ0) is 30.5. The second-order valence-corrected chi connectivity index (χ2v) is 12.3. The summed E-state index contributed by atoms with van der Waals surface area (Å²) in [7, 11) is 0. The largest absolute Gasteiger partial charge is 0.436 e. The van der Waals surface area contributed by atoms with Gasteiger partial charge in [0.25, 0.3) is 0 Å². The van der Waals surface area contributed by atoms with Crippen LogP contribution >= 0.6 is 11.3 Å². The Morgan fingerprint density at radius 1 is 0.478 bits per heavy atom. The average molecular weight is 608 g/mol. The molecule has 5 heteroatoms. The van der Waals surface area contributed by atoms with Crippen LogP contribution in [-0.4, -0.2) is 15.0 Å². The van der Waals surface area contributed by atoms with Crippen molar-refractivity contribution in [2.24, 2.45) is 0 Å². The van der Waals surface area contributed by atoms with Crippen molar-refractivity contribution in [3.63, 3.8) is 0 Å². The van der Waals surface area contributed by atoms with E-state index in [0.29, 0.717) is 11.7 Å². The quantitative estimate of drug-likeness (QED) is 0.195. The molecule has 9 rings (SSSR count). The van der Waals surface area contributed by atoms with Crippen molar-refractivity contribution in [2.75, 3.05) is 0 Å². The topological polar surface area (TPSA) is 51.8 Å². The summed E-state index contributed by atoms with van der Waals surface area (Å²) >= 11 is 1.76. The standard InChI is InChI=1S/C41H25N3OS/c1-3-11-26(12-4-1)27-21-23-28(24-22-27)34-25-35(43-40(42-34)29-13-5-2-6-14-29)30-15-10-20-37-38(30)31-16-9-17-32(39(31)46-37)41-44-33-18-7-8-19-36(33)45-41/h1-25H. The van der Waals surface area contributed by atoms with E-state index in [0.717, 1.165) is 54.8 Å². The SMILES string of the molecule is c1ccc(-c2ccc(-c3cc(-c4cccc5sc6c(-c7nc8ccccc8o7)cccc6c45)nc(-c4ccccc4)n3)cc2)cc1. The Hall–Kier alpha value is -5.91. The summed E-state index contributed by atoms with van der Waals surface area (Å²) in [6.45, 7) is 0. The van der Waals surface area contributed by atoms with E-state index in [2.05, 4.69) is 103 Å². The molecular weight excluding hydrogens is 583 g/mol. The van der Waals surface area contributed by atoms with Crippen molar-refractivity contribution in [2.45, 2.75) is 0 Å². The van der Waals surface area contributed by atoms with Crippen molar-refractivity contribution < 1.29 is 4.42 Å². The summed E-state index contributed by atoms with van der Waals surface area (Å²) < 4.78 is 8.54. The molecule has 46 heavy (non-hydrogen) atoms. The first-order valence-corrected chi connectivity index (χ1v) is 16.0. The minimum Gasteiger partial charge on any atom is -0.436 e. The summed E-state index contributed by atoms with van der Waals surface area (Å²) in [5.41, 5.74) is 9.86. The van der Waals surface area contributed by atoms with E-state index in [1.54, 1.807) is 11.3 Å². The van der Waals surface area contributed by atoms with Gasteiger partial charge in [0, 0.05) is 36.9 Å². The van der Waals surface area contributed by atoms with Gasteiger partial charge in [0.2, 0.25) is 5.89 Å². The fourth-order valence-corrected chi connectivity index (χ4v) is 7.36. The molecule has 0 aliphatic carbocycles. The molecule has 0 amide bonds. The summed E-state index contributed by atoms with van der Waals surface area (Å²) in [5.74, 6) is 1.33. The number of nitrogens with zero attached hydrogens (tertiary/aromatic N) is 3. The summed E-state index contributed by atoms with van der Waals surface area (Å²) in [4.78, 5) is 15.1. The van der Waals surface area contributed by atoms with Crippen LogP contribution in [-0.2, 0) is 0 Å². The zero-order valence-electron chi connectivity index (χ0n) is 24.6. The Bertz CT molecular complexity index is 2480. The second kappa shape index (κ2) is 10.9. The number of para-hydroxylation sites is 2. The maximum Gasteiger partial charge on any atom is 0.228 e. The van der Waals surface area contributed by atoms with Gasteiger partial charge in [-0.1, -0.05) is 121 Å². The molecule has 0 aliphatic rings. The van der Waals surface area contributed by atoms with Crippen molar-refractivity contribution in [1.29, 1.82) is 0 Å². The Morgan fingerprint density at radius 2 is 1.13 bits per heavy atom. The van der Waals surface area contributed by atoms with Crippen molar-refractivity contribution in [3.8, 4) is 56.5 Å². The minimum atomic E-state index is 0.634. The lowest BCUT2D eigenvalue weighted by molar-refractivity contribution is 0.621. The maximum absolute atomic E-state index is 6.21. The number of fused-ring (bicyclic) bond motifs is 4. The van der Waals surface area contributed by atoms with Gasteiger partial charge in [0.15, 0.2) is 11.4 Å². The van der Waals surface area contributed by atoms with Crippen LogP contribution in [0, 0.1) is 0 Å². The number of thiophene rings is 1. The number of benzene rings is 6. The van der Waals surface area contributed by atoms with E-state index in [9.17, 15) is 0 Å². The first kappa shape index (κ1) is 26.5. The first-order valence-electron chi connectivity index (χ1n) is 15.2. The Labute approximate surface area is 269 Å². The van der Waals surface area contributed by atoms with Gasteiger partial charge in [0.05, 0.1) is 17.0 Å². The monoisotopic (exact) mass is 607 g/mol. The van der Waals surface area contributed by atoms with Crippen LogP contribution in [0.5, 0.6) is 0 Å². The summed E-state index contributed by atoms with van der Waals surface area (Å²) in [5, 5.41) is 2.33. The van der Waals surface area contributed by atoms with E-state index in [4.69, 9.17) is 19.4 Å². The van der Waals surface area contributed by atoms with E-state index >= 15 is 0 Å². The van der Waals surface area contributed by atoms with Gasteiger partial charge < -0.3 is 4.42 Å². The fourth-order valence-electron chi connectivity index (χ4n) is 6.13. The highest BCUT2D eigenvalue weighted by molar-refractivity contribution is 7.26. The molecule has 0 unspecified atom stereocenters. The van der Waals surface area contributed by atoms with Crippen LogP contribution in [0.4, 0.5) is 0 Å². The predicted octanol–water partition coefficient (Wildman–Crippen LogP) is 11.3. The molecule has 0 atom stereocenters. The van der Waals surface area contributed by atoms with Gasteiger partial charge in [-0.15, -0.1) is 11.3 Å². The number of oxazole rings is 1. The van der Waals surface area contributed by atoms with Gasteiger partial charge in [-0.2, -0.15) is 0 Å². The van der Waals surface area contributed by atoms with Crippen LogP contribution in [0.1, 0.15) is 0 Å². The van der Waals surface area contributed by atoms with Crippen molar-refractivity contribution >= 4 is 42.6 Å². The Kier molecular flexibility index (Phi) is 6.28. The average Bonchev–Trinajstić information content (AvgIpc) is 3.74. The lowest BCUT2D eigenvalue weighted by Gasteiger charge is -2.11. The normalized spacial score (nSPS) is 11.5. The molecule has 0 saturated heterocycles. The lowest BCUT2D eigenvalue weighted by Crippen LogP contribution is -1.96. The van der Waals surface area contributed by atoms with Crippen molar-refractivity contribution in [1.82, 2.24) is 15.0 Å². The molecule has 6 aromatic carbocycles. The van der Waals surface area contributed by atoms with E-state index < -0.39 is 0 Å². The highest BCUT2D eigenvalue weighted by Gasteiger charge is 2.19. The number of hydrogen-bond acceptors (Lipinski definition) is 5. The minimum absolute atomic E-state index is 0.634. The number of hydrogen-bond donors (Lipinski definition) is 0. The third-order valence-electron chi connectivity index (χ3n) is 8.37. The molecule has 0 radical (unpaired) electrons. The highest BCUT2D eigenvalue weighted by atomic mass is 32.1. The van der Waals surface area contributed by atoms with E-state index in [-0.39, 0.29) is 0 Å². The molecule has 0 N–H and O–H groups in total. The molecule has 0 fully saturated rings. The molecule has 4 nitrogen and oxygen atoms in total. The summed E-state index contributed by atoms with van der Waals surface area (Å²) in [6.07, 6.45) is 0. The summed E-state index contributed by atoms with van der Waals surface area (Å²) in [6, 6.07) is 52.1. The molecule has 0 aliphatic heterocycles. The van der Waals surface area contributed by atoms with Gasteiger partial charge in [-0.25, -0.2) is 15.0 Å². The highest BCUT2D eigenvalue weighted by Crippen LogP contribution is 2.44. The smallest absolute Gasteiger partial charge is 0.228 e. The molecule has 0 bridgehead atoms. The molecule has 9 aromatic rings. The van der Waals surface area contributed by atoms with Gasteiger partial charge >= 0.3 is 0 Å². The van der Waals surface area contributed by atoms with Gasteiger partial charge in [-0.3, -0.25) is 0 Å². The van der Waals surface area contributed by atoms with E-state index in [1.807, 2.05) is 48.5 Å². The molecule has 216 valence electrons. The third-order valence-corrected chi connectivity index (χ3v) is 9.57. The predicted molar refractivity (Wildman–Crippen MR) is 190 cm³/mol. The van der Waals surface area contributed by atoms with Crippen LogP contribution in [0.3, 0.4) is 0 Å². The molecule has 0 saturated carbocycles. The second-order valence-electron chi connectivity index (χ2n) is 11.2. The van der Waals surface area contributed by atoms with E-state index in [1.165, 1.54) is 21.2 Å². The lowest BCUT2D eigenvalue weighted by atomic mass is 9.99. The van der Waals surface area contributed by atoms with Crippen LogP contribution < -0.4 is 0 Å². The van der Waals surface area contributed by atoms with Crippen molar-refractivity contribution in [3.05, 3.63) is 152 Å². The van der Waals surface area contributed by atoms with Gasteiger partial charge in [-0.05, 0) is 41.5 Å². The maximum atomic E-state index is 6.21.